The van der Waals surface area contributed by atoms with Crippen LogP contribution in [0.15, 0.2) is 0 Å². The van der Waals surface area contributed by atoms with Crippen LogP contribution in [0.2, 0.25) is 0 Å². The Balaban J connectivity index is 0.000000479. The van der Waals surface area contributed by atoms with Crippen LogP contribution < -0.4 is 0 Å². The van der Waals surface area contributed by atoms with Crippen molar-refractivity contribution in [2.24, 2.45) is 10.8 Å². The SMILES string of the molecule is O=P(Cl)(Cl)Cl.O=P1(Cl)OCC2(CO1)COP(=O)(Cl)OC2.OCC(CO)(CO)CO. The fraction of sp³-hybridized carbons (Fsp3) is 1.00. The standard InChI is InChI=1S/C5H8Cl2O6P2.C5H12O4.Cl3OP/c6-14(8)10-1-5(2-11-14)3-12-15(7,9)13-4-5;6-1-5(2-7,3-8)4-9;1-5(2,3)4/h1-4H2;6-9H,1-4H2;. The molecule has 1 spiro atoms. The van der Waals surface area contributed by atoms with Crippen LogP contribution in [0.4, 0.5) is 0 Å². The van der Waals surface area contributed by atoms with Crippen LogP contribution in [0.5, 0.6) is 0 Å². The van der Waals surface area contributed by atoms with Gasteiger partial charge in [-0.1, -0.05) is 0 Å². The van der Waals surface area contributed by atoms with E-state index in [-0.39, 0.29) is 26.4 Å². The molecular weight excluding hydrogens is 566 g/mol. The average molecular weight is 586 g/mol. The Bertz CT molecular complexity index is 555. The number of rotatable bonds is 4. The molecule has 11 nitrogen and oxygen atoms in total. The lowest BCUT2D eigenvalue weighted by Gasteiger charge is -2.40. The van der Waals surface area contributed by atoms with E-state index in [4.69, 9.17) is 61.0 Å². The molecule has 19 heteroatoms. The molecule has 176 valence electrons. The molecule has 2 aliphatic rings. The molecule has 0 unspecified atom stereocenters. The Morgan fingerprint density at radius 3 is 1.10 bits per heavy atom. The molecule has 29 heavy (non-hydrogen) atoms. The third-order valence-electron chi connectivity index (χ3n) is 3.44. The minimum Gasteiger partial charge on any atom is -0.396 e. The lowest BCUT2D eigenvalue weighted by Crippen LogP contribution is -2.44. The highest BCUT2D eigenvalue weighted by molar-refractivity contribution is 8.24. The van der Waals surface area contributed by atoms with E-state index in [1.54, 1.807) is 0 Å². The molecule has 0 saturated carbocycles. The van der Waals surface area contributed by atoms with Gasteiger partial charge in [-0.05, 0) is 33.7 Å². The summed E-state index contributed by atoms with van der Waals surface area (Å²) >= 11 is 24.6. The van der Waals surface area contributed by atoms with Crippen molar-refractivity contribution in [2.75, 3.05) is 52.9 Å². The van der Waals surface area contributed by atoms with Crippen molar-refractivity contribution in [3.05, 3.63) is 0 Å². The van der Waals surface area contributed by atoms with Crippen molar-refractivity contribution in [1.29, 1.82) is 0 Å². The molecule has 4 N–H and O–H groups in total. The maximum absolute atomic E-state index is 11.1. The summed E-state index contributed by atoms with van der Waals surface area (Å²) in [6, 6.07) is 0. The predicted molar refractivity (Wildman–Crippen MR) is 109 cm³/mol. The molecule has 0 amide bonds. The summed E-state index contributed by atoms with van der Waals surface area (Å²) in [5.74, 6) is 0. The molecule has 2 saturated heterocycles. The zero-order chi connectivity index (χ0) is 23.0. The molecule has 0 radical (unpaired) electrons. The Morgan fingerprint density at radius 2 is 0.966 bits per heavy atom. The minimum absolute atomic E-state index is 0.0602. The summed E-state index contributed by atoms with van der Waals surface area (Å²) in [4.78, 5) is 0. The zero-order valence-electron chi connectivity index (χ0n) is 14.5. The molecule has 0 aliphatic carbocycles. The van der Waals surface area contributed by atoms with Crippen molar-refractivity contribution in [3.63, 3.8) is 0 Å². The number of halogens is 5. The third-order valence-corrected chi connectivity index (χ3v) is 6.36. The highest BCUT2D eigenvalue weighted by atomic mass is 36.0. The minimum atomic E-state index is -3.45. The van der Waals surface area contributed by atoms with Crippen molar-refractivity contribution in [2.45, 2.75) is 0 Å². The first-order valence-electron chi connectivity index (χ1n) is 7.37. The summed E-state index contributed by atoms with van der Waals surface area (Å²) in [5.41, 5.74) is -1.74. The van der Waals surface area contributed by atoms with Gasteiger partial charge in [0.05, 0.1) is 63.7 Å². The smallest absolute Gasteiger partial charge is 0.396 e. The Hall–Kier alpha value is 1.82. The van der Waals surface area contributed by atoms with Crippen molar-refractivity contribution in [1.82, 2.24) is 0 Å². The van der Waals surface area contributed by atoms with Crippen LogP contribution in [0, 0.1) is 10.8 Å². The number of aliphatic hydroxyl groups excluding tert-OH is 4. The third kappa shape index (κ3) is 13.2. The van der Waals surface area contributed by atoms with E-state index in [1.807, 2.05) is 0 Å². The van der Waals surface area contributed by atoms with Gasteiger partial charge >= 0.3 is 19.1 Å². The summed E-state index contributed by atoms with van der Waals surface area (Å²) in [6.45, 7) is -8.29. The van der Waals surface area contributed by atoms with E-state index in [0.717, 1.165) is 0 Å². The van der Waals surface area contributed by atoms with Crippen molar-refractivity contribution < 1.29 is 52.2 Å². The summed E-state index contributed by atoms with van der Waals surface area (Å²) in [6.07, 6.45) is 0. The first-order chi connectivity index (χ1) is 13.1. The monoisotopic (exact) mass is 584 g/mol. The van der Waals surface area contributed by atoms with Gasteiger partial charge in [-0.15, -0.1) is 0 Å². The lowest BCUT2D eigenvalue weighted by molar-refractivity contribution is -0.0621. The van der Waals surface area contributed by atoms with E-state index >= 15 is 0 Å². The fourth-order valence-corrected chi connectivity index (χ4v) is 3.93. The van der Waals surface area contributed by atoms with Crippen LogP contribution in [-0.2, 0) is 31.8 Å². The maximum Gasteiger partial charge on any atom is 0.424 e. The zero-order valence-corrected chi connectivity index (χ0v) is 21.0. The fourth-order valence-electron chi connectivity index (χ4n) is 1.48. The van der Waals surface area contributed by atoms with Gasteiger partial charge < -0.3 is 20.4 Å². The second-order valence-corrected chi connectivity index (χ2v) is 17.9. The van der Waals surface area contributed by atoms with E-state index < -0.39 is 56.4 Å². The van der Waals surface area contributed by atoms with Crippen LogP contribution in [0.25, 0.3) is 0 Å². The highest BCUT2D eigenvalue weighted by Gasteiger charge is 2.47. The van der Waals surface area contributed by atoms with E-state index in [0.29, 0.717) is 0 Å². The summed E-state index contributed by atoms with van der Waals surface area (Å²) in [5, 5.41) is 30.8. The van der Waals surface area contributed by atoms with Gasteiger partial charge in [0.1, 0.15) is 0 Å². The second kappa shape index (κ2) is 12.9. The van der Waals surface area contributed by atoms with Gasteiger partial charge in [-0.3, -0.25) is 22.7 Å². The molecular formula is C10H20Cl5O11P3. The van der Waals surface area contributed by atoms with Gasteiger partial charge in [0.2, 0.25) is 0 Å². The summed E-state index contributed by atoms with van der Waals surface area (Å²) < 4.78 is 51.1. The lowest BCUT2D eigenvalue weighted by atomic mass is 9.93. The number of hydrogen-bond donors (Lipinski definition) is 4. The molecule has 2 fully saturated rings. The van der Waals surface area contributed by atoms with E-state index in [9.17, 15) is 13.7 Å². The van der Waals surface area contributed by atoms with E-state index in [1.165, 1.54) is 0 Å². The molecule has 0 bridgehead atoms. The number of hydrogen-bond acceptors (Lipinski definition) is 11. The Kier molecular flexibility index (Phi) is 13.7. The topological polar surface area (TPSA) is 169 Å². The van der Waals surface area contributed by atoms with Gasteiger partial charge in [0.25, 0.3) is 0 Å². The molecule has 2 rings (SSSR count). The van der Waals surface area contributed by atoms with Crippen molar-refractivity contribution >= 4 is 75.3 Å². The van der Waals surface area contributed by atoms with Gasteiger partial charge in [-0.25, -0.2) is 9.13 Å². The van der Waals surface area contributed by atoms with E-state index in [2.05, 4.69) is 33.7 Å². The predicted octanol–water partition coefficient (Wildman–Crippen LogP) is 3.51. The molecule has 0 aromatic heterocycles. The van der Waals surface area contributed by atoms with Crippen LogP contribution in [0.3, 0.4) is 0 Å². The van der Waals surface area contributed by atoms with Gasteiger partial charge in [0.15, 0.2) is 0 Å². The van der Waals surface area contributed by atoms with Crippen LogP contribution in [0.1, 0.15) is 0 Å². The average Bonchev–Trinajstić information content (AvgIpc) is 2.62. The molecule has 0 atom stereocenters. The van der Waals surface area contributed by atoms with Gasteiger partial charge in [-0.2, -0.15) is 0 Å². The Labute approximate surface area is 190 Å². The first-order valence-corrected chi connectivity index (χ1v) is 16.7. The quantitative estimate of drug-likeness (QED) is 0.356. The maximum atomic E-state index is 11.1. The first kappa shape index (κ1) is 30.8. The molecule has 0 aromatic carbocycles. The van der Waals surface area contributed by atoms with Gasteiger partial charge in [0, 0.05) is 22.5 Å². The normalized spacial score (nSPS) is 32.6. The summed E-state index contributed by atoms with van der Waals surface area (Å²) in [7, 11) is 0. The Morgan fingerprint density at radius 1 is 0.759 bits per heavy atom. The molecule has 0 aromatic rings. The number of aliphatic hydroxyl groups is 4. The largest absolute Gasteiger partial charge is 0.424 e. The second-order valence-electron chi connectivity index (χ2n) is 5.99. The van der Waals surface area contributed by atoms with Crippen LogP contribution in [-0.4, -0.2) is 73.3 Å². The molecule has 2 heterocycles. The van der Waals surface area contributed by atoms with Crippen molar-refractivity contribution in [3.8, 4) is 0 Å². The van der Waals surface area contributed by atoms with Crippen LogP contribution >= 0.6 is 75.3 Å². The highest BCUT2D eigenvalue weighted by Crippen LogP contribution is 2.63. The molecule has 2 aliphatic heterocycles.